The van der Waals surface area contributed by atoms with E-state index in [1.54, 1.807) is 6.08 Å². The van der Waals surface area contributed by atoms with E-state index in [-0.39, 0.29) is 5.56 Å². The predicted molar refractivity (Wildman–Crippen MR) is 91.8 cm³/mol. The molecule has 0 aliphatic heterocycles. The van der Waals surface area contributed by atoms with Gasteiger partial charge in [-0.1, -0.05) is 49.6 Å². The van der Waals surface area contributed by atoms with Crippen molar-refractivity contribution in [3.63, 3.8) is 0 Å². The Hall–Kier alpha value is -2.80. The summed E-state index contributed by atoms with van der Waals surface area (Å²) >= 11 is 0. The molecule has 0 aliphatic rings. The molecule has 22 heavy (non-hydrogen) atoms. The highest BCUT2D eigenvalue weighted by atomic mass is 16.1. The first-order valence-corrected chi connectivity index (χ1v) is 7.27. The second kappa shape index (κ2) is 7.28. The number of aromatic nitrogens is 2. The van der Waals surface area contributed by atoms with Crippen molar-refractivity contribution in [2.75, 3.05) is 0 Å². The third kappa shape index (κ3) is 3.09. The van der Waals surface area contributed by atoms with Crippen molar-refractivity contribution < 1.29 is 0 Å². The molecule has 1 aromatic carbocycles. The Balaban J connectivity index is 2.62. The molecular weight excluding hydrogens is 274 g/mol. The summed E-state index contributed by atoms with van der Waals surface area (Å²) in [7, 11) is 0. The molecule has 2 rings (SSSR count). The average molecular weight is 293 g/mol. The quantitative estimate of drug-likeness (QED) is 0.667. The van der Waals surface area contributed by atoms with Crippen molar-refractivity contribution in [2.45, 2.75) is 26.7 Å². The lowest BCUT2D eigenvalue weighted by Crippen LogP contribution is -2.17. The molecule has 4 nitrogen and oxygen atoms in total. The summed E-state index contributed by atoms with van der Waals surface area (Å²) in [4.78, 5) is 16.8. The second-order valence-electron chi connectivity index (χ2n) is 4.79. The van der Waals surface area contributed by atoms with Crippen LogP contribution in [0.2, 0.25) is 0 Å². The number of aromatic amines is 1. The van der Waals surface area contributed by atoms with Gasteiger partial charge >= 0.3 is 0 Å². The molecule has 1 aromatic heterocycles. The second-order valence-corrected chi connectivity index (χ2v) is 4.79. The number of terminal acetylenes is 1. The van der Waals surface area contributed by atoms with Gasteiger partial charge in [-0.3, -0.25) is 9.89 Å². The summed E-state index contributed by atoms with van der Waals surface area (Å²) in [6, 6.07) is 9.82. The molecule has 0 atom stereocenters. The normalized spacial score (nSPS) is 11.8. The van der Waals surface area contributed by atoms with Gasteiger partial charge in [0.25, 0.3) is 5.56 Å². The monoisotopic (exact) mass is 293 g/mol. The van der Waals surface area contributed by atoms with Crippen molar-refractivity contribution in [1.82, 2.24) is 9.78 Å². The number of hydrogen-bond donors (Lipinski definition) is 1. The number of aliphatic imine (C=N–C) groups is 1. The van der Waals surface area contributed by atoms with Crippen molar-refractivity contribution in [3.05, 3.63) is 52.3 Å². The minimum Gasteiger partial charge on any atom is -0.289 e. The number of allylic oxidation sites excluding steroid dienone is 1. The summed E-state index contributed by atoms with van der Waals surface area (Å²) in [6.45, 7) is 3.87. The zero-order valence-corrected chi connectivity index (χ0v) is 12.8. The largest absolute Gasteiger partial charge is 0.289 e. The van der Waals surface area contributed by atoms with Gasteiger partial charge in [-0.2, -0.15) is 0 Å². The highest BCUT2D eigenvalue weighted by Crippen LogP contribution is 2.21. The van der Waals surface area contributed by atoms with E-state index < -0.39 is 0 Å². The van der Waals surface area contributed by atoms with Crippen molar-refractivity contribution in [1.29, 1.82) is 0 Å². The van der Waals surface area contributed by atoms with E-state index in [1.807, 2.05) is 37.3 Å². The van der Waals surface area contributed by atoms with E-state index >= 15 is 0 Å². The zero-order valence-electron chi connectivity index (χ0n) is 12.8. The fraction of sp³-hybridized carbons (Fsp3) is 0.222. The molecule has 1 heterocycles. The fourth-order valence-electron chi connectivity index (χ4n) is 2.32. The van der Waals surface area contributed by atoms with Crippen LogP contribution in [0, 0.1) is 12.3 Å². The first kappa shape index (κ1) is 15.6. The van der Waals surface area contributed by atoms with Crippen LogP contribution in [0.4, 0.5) is 0 Å². The van der Waals surface area contributed by atoms with Crippen LogP contribution in [0.3, 0.4) is 0 Å². The number of benzene rings is 1. The van der Waals surface area contributed by atoms with Crippen LogP contribution in [0.15, 0.2) is 46.2 Å². The molecule has 0 saturated carbocycles. The number of nitrogens with one attached hydrogen (secondary N) is 1. The van der Waals surface area contributed by atoms with E-state index in [0.29, 0.717) is 12.2 Å². The van der Waals surface area contributed by atoms with Crippen molar-refractivity contribution >= 4 is 12.0 Å². The summed E-state index contributed by atoms with van der Waals surface area (Å²) in [5.74, 6) is 2.83. The number of nitrogens with zero attached hydrogens (tertiary/aromatic N) is 2. The molecule has 0 radical (unpaired) electrons. The molecule has 4 heteroatoms. The lowest BCUT2D eigenvalue weighted by atomic mass is 10.1. The molecule has 112 valence electrons. The summed E-state index contributed by atoms with van der Waals surface area (Å²) in [5.41, 5.74) is 2.51. The van der Waals surface area contributed by atoms with Gasteiger partial charge < -0.3 is 0 Å². The van der Waals surface area contributed by atoms with Crippen LogP contribution in [0.25, 0.3) is 17.1 Å². The van der Waals surface area contributed by atoms with Gasteiger partial charge in [-0.05, 0) is 25.0 Å². The molecule has 0 spiro atoms. The summed E-state index contributed by atoms with van der Waals surface area (Å²) in [6.07, 6.45) is 9.89. The van der Waals surface area contributed by atoms with Crippen LogP contribution < -0.4 is 5.56 Å². The van der Waals surface area contributed by atoms with Gasteiger partial charge in [0.05, 0.1) is 11.9 Å². The molecular formula is C18H19N3O. The van der Waals surface area contributed by atoms with Crippen LogP contribution in [-0.4, -0.2) is 16.0 Å². The summed E-state index contributed by atoms with van der Waals surface area (Å²) < 4.78 is 1.45. The lowest BCUT2D eigenvalue weighted by molar-refractivity contribution is 0.848. The van der Waals surface area contributed by atoms with Crippen molar-refractivity contribution in [3.8, 4) is 23.6 Å². The molecule has 0 aliphatic carbocycles. The minimum absolute atomic E-state index is 0.0806. The first-order valence-electron chi connectivity index (χ1n) is 7.27. The molecule has 1 N–H and O–H groups in total. The van der Waals surface area contributed by atoms with Gasteiger partial charge in [0.1, 0.15) is 0 Å². The maximum absolute atomic E-state index is 12.7. The topological polar surface area (TPSA) is 50.1 Å². The molecule has 0 saturated heterocycles. The molecule has 0 unspecified atom stereocenters. The Morgan fingerprint density at radius 2 is 2.14 bits per heavy atom. The van der Waals surface area contributed by atoms with Crippen LogP contribution >= 0.6 is 0 Å². The van der Waals surface area contributed by atoms with Gasteiger partial charge in [0.15, 0.2) is 5.82 Å². The Labute approximate surface area is 130 Å². The first-order chi connectivity index (χ1) is 10.7. The van der Waals surface area contributed by atoms with Gasteiger partial charge in [-0.15, -0.1) is 6.42 Å². The van der Waals surface area contributed by atoms with E-state index in [2.05, 4.69) is 22.9 Å². The highest BCUT2D eigenvalue weighted by Gasteiger charge is 2.16. The highest BCUT2D eigenvalue weighted by molar-refractivity contribution is 5.81. The number of rotatable bonds is 5. The van der Waals surface area contributed by atoms with Crippen LogP contribution in [-0.2, 0) is 6.42 Å². The van der Waals surface area contributed by atoms with E-state index in [4.69, 9.17) is 6.42 Å². The maximum atomic E-state index is 12.7. The molecule has 0 bridgehead atoms. The third-order valence-corrected chi connectivity index (χ3v) is 3.31. The molecule has 0 fully saturated rings. The Bertz CT molecular complexity index is 786. The van der Waals surface area contributed by atoms with Crippen LogP contribution in [0.5, 0.6) is 0 Å². The smallest absolute Gasteiger partial charge is 0.276 e. The Morgan fingerprint density at radius 3 is 2.73 bits per heavy atom. The minimum atomic E-state index is -0.0806. The summed E-state index contributed by atoms with van der Waals surface area (Å²) in [5, 5.41) is 3.16. The Morgan fingerprint density at radius 1 is 1.41 bits per heavy atom. The maximum Gasteiger partial charge on any atom is 0.276 e. The number of H-pyrrole nitrogens is 1. The average Bonchev–Trinajstić information content (AvgIpc) is 2.87. The Kier molecular flexibility index (Phi) is 5.16. The third-order valence-electron chi connectivity index (χ3n) is 3.31. The zero-order chi connectivity index (χ0) is 15.9. The van der Waals surface area contributed by atoms with Gasteiger partial charge in [0.2, 0.25) is 0 Å². The fourth-order valence-corrected chi connectivity index (χ4v) is 2.32. The SMILES string of the molecule is C#CC=N/C(=C\C)n1[nH]c(-c2ccccc2)c(CCC)c1=O. The van der Waals surface area contributed by atoms with Gasteiger partial charge in [-0.25, -0.2) is 9.67 Å². The van der Waals surface area contributed by atoms with Crippen LogP contribution in [0.1, 0.15) is 25.8 Å². The van der Waals surface area contributed by atoms with E-state index in [1.165, 1.54) is 10.9 Å². The van der Waals surface area contributed by atoms with E-state index in [0.717, 1.165) is 23.2 Å². The standard InChI is InChI=1S/C18H19N3O/c1-4-10-15-17(14-11-8-7-9-12-14)20-21(18(15)22)16(6-3)19-13-5-2/h2,6-9,11-13,20H,4,10H2,1,3H3/b16-6+,19-13?. The lowest BCUT2D eigenvalue weighted by Gasteiger charge is -2.02. The molecule has 2 aromatic rings. The number of hydrogen-bond acceptors (Lipinski definition) is 2. The van der Waals surface area contributed by atoms with E-state index in [9.17, 15) is 4.79 Å². The predicted octanol–water partition coefficient (Wildman–Crippen LogP) is 3.32. The molecule has 0 amide bonds. The van der Waals surface area contributed by atoms with Gasteiger partial charge in [0, 0.05) is 5.56 Å². The van der Waals surface area contributed by atoms with Crippen molar-refractivity contribution in [2.24, 2.45) is 4.99 Å².